The molecule has 1 aromatic heterocycles. The molecule has 1 aliphatic rings. The van der Waals surface area contributed by atoms with E-state index in [-0.39, 0.29) is 11.5 Å². The minimum atomic E-state index is -0.507. The molecule has 1 N–H and O–H groups in total. The van der Waals surface area contributed by atoms with Crippen LogP contribution in [0.4, 0.5) is 10.5 Å². The van der Waals surface area contributed by atoms with Crippen molar-refractivity contribution in [1.29, 1.82) is 0 Å². The van der Waals surface area contributed by atoms with E-state index < -0.39 is 6.09 Å². The molecule has 188 valence electrons. The fourth-order valence-electron chi connectivity index (χ4n) is 5.09. The van der Waals surface area contributed by atoms with Gasteiger partial charge in [-0.3, -0.25) is 5.32 Å². The van der Waals surface area contributed by atoms with Crippen LogP contribution in [-0.4, -0.2) is 16.8 Å². The standard InChI is InChI=1S/C31H30N2O3S/c1-21-28(32-30(35)36-22(2)23-8-4-3-5-9-23)29(37-33-21)26-12-10-24(11-13-26)25-14-16-27(17-15-25)31(20-34)18-6-7-19-31/h3-5,8-17,20,22H,6-7,18-19H2,1-2H3,(H,32,35)/t22-/m1/s1. The van der Waals surface area contributed by atoms with E-state index in [1.165, 1.54) is 11.5 Å². The lowest BCUT2D eigenvalue weighted by atomic mass is 9.80. The normalized spacial score (nSPS) is 15.2. The van der Waals surface area contributed by atoms with Crippen LogP contribution >= 0.6 is 11.5 Å². The Morgan fingerprint density at radius 1 is 0.946 bits per heavy atom. The van der Waals surface area contributed by atoms with Crippen LogP contribution < -0.4 is 5.32 Å². The van der Waals surface area contributed by atoms with Crippen LogP contribution in [0.5, 0.6) is 0 Å². The Kier molecular flexibility index (Phi) is 7.19. The molecule has 1 heterocycles. The van der Waals surface area contributed by atoms with Crippen molar-refractivity contribution < 1.29 is 14.3 Å². The van der Waals surface area contributed by atoms with Crippen LogP contribution in [0.15, 0.2) is 78.9 Å². The number of amides is 1. The largest absolute Gasteiger partial charge is 0.441 e. The summed E-state index contributed by atoms with van der Waals surface area (Å²) in [6, 6.07) is 26.3. The van der Waals surface area contributed by atoms with Crippen molar-refractivity contribution >= 4 is 29.6 Å². The monoisotopic (exact) mass is 510 g/mol. The zero-order valence-electron chi connectivity index (χ0n) is 21.1. The fourth-order valence-corrected chi connectivity index (χ4v) is 5.94. The second kappa shape index (κ2) is 10.7. The number of aryl methyl sites for hydroxylation is 1. The van der Waals surface area contributed by atoms with Crippen molar-refractivity contribution in [3.8, 4) is 21.6 Å². The lowest BCUT2D eigenvalue weighted by molar-refractivity contribution is -0.112. The molecule has 6 heteroatoms. The first-order valence-electron chi connectivity index (χ1n) is 12.7. The van der Waals surface area contributed by atoms with Gasteiger partial charge in [0.15, 0.2) is 0 Å². The van der Waals surface area contributed by atoms with Crippen molar-refractivity contribution in [3.63, 3.8) is 0 Å². The van der Waals surface area contributed by atoms with Crippen molar-refractivity contribution in [3.05, 3.63) is 95.7 Å². The molecule has 0 spiro atoms. The van der Waals surface area contributed by atoms with Crippen LogP contribution in [0, 0.1) is 6.92 Å². The van der Waals surface area contributed by atoms with Gasteiger partial charge in [0.1, 0.15) is 12.4 Å². The van der Waals surface area contributed by atoms with Crippen LogP contribution in [-0.2, 0) is 14.9 Å². The molecule has 0 saturated heterocycles. The zero-order valence-corrected chi connectivity index (χ0v) is 21.9. The molecule has 0 unspecified atom stereocenters. The number of aromatic nitrogens is 1. The van der Waals surface area contributed by atoms with E-state index in [1.54, 1.807) is 0 Å². The molecule has 1 fully saturated rings. The summed E-state index contributed by atoms with van der Waals surface area (Å²) < 4.78 is 10.1. The number of nitrogens with zero attached hydrogens (tertiary/aromatic N) is 1. The van der Waals surface area contributed by atoms with Gasteiger partial charge in [0, 0.05) is 0 Å². The van der Waals surface area contributed by atoms with Gasteiger partial charge in [-0.1, -0.05) is 91.7 Å². The van der Waals surface area contributed by atoms with E-state index in [0.717, 1.165) is 70.4 Å². The first-order valence-corrected chi connectivity index (χ1v) is 13.4. The van der Waals surface area contributed by atoms with E-state index in [1.807, 2.05) is 56.3 Å². The van der Waals surface area contributed by atoms with Gasteiger partial charge in [0.05, 0.1) is 21.7 Å². The molecule has 5 rings (SSSR count). The minimum Gasteiger partial charge on any atom is -0.441 e. The van der Waals surface area contributed by atoms with E-state index in [0.29, 0.717) is 5.69 Å². The van der Waals surface area contributed by atoms with Gasteiger partial charge >= 0.3 is 6.09 Å². The lowest BCUT2D eigenvalue weighted by Crippen LogP contribution is -2.23. The molecule has 1 amide bonds. The van der Waals surface area contributed by atoms with Crippen molar-refractivity contribution in [2.45, 2.75) is 51.0 Å². The molecule has 0 aliphatic heterocycles. The highest BCUT2D eigenvalue weighted by atomic mass is 32.1. The first-order chi connectivity index (χ1) is 18.0. The number of ether oxygens (including phenoxy) is 1. The smallest absolute Gasteiger partial charge is 0.412 e. The van der Waals surface area contributed by atoms with E-state index in [2.05, 4.69) is 46.1 Å². The second-order valence-electron chi connectivity index (χ2n) is 9.69. The number of hydrogen-bond acceptors (Lipinski definition) is 5. The summed E-state index contributed by atoms with van der Waals surface area (Å²) in [5.74, 6) is 0. The van der Waals surface area contributed by atoms with Crippen LogP contribution in [0.25, 0.3) is 21.6 Å². The Bertz CT molecular complexity index is 1370. The van der Waals surface area contributed by atoms with Crippen LogP contribution in [0.2, 0.25) is 0 Å². The van der Waals surface area contributed by atoms with Gasteiger partial charge in [0.2, 0.25) is 0 Å². The number of rotatable bonds is 7. The predicted octanol–water partition coefficient (Wildman–Crippen LogP) is 8.11. The zero-order chi connectivity index (χ0) is 25.8. The molecule has 0 bridgehead atoms. The topological polar surface area (TPSA) is 68.3 Å². The molecule has 1 aliphatic carbocycles. The Morgan fingerprint density at radius 3 is 2.16 bits per heavy atom. The quantitative estimate of drug-likeness (QED) is 0.255. The van der Waals surface area contributed by atoms with E-state index in [4.69, 9.17) is 4.74 Å². The highest BCUT2D eigenvalue weighted by Crippen LogP contribution is 2.40. The minimum absolute atomic E-state index is 0.310. The van der Waals surface area contributed by atoms with E-state index in [9.17, 15) is 9.59 Å². The molecule has 0 radical (unpaired) electrons. The molecule has 1 saturated carbocycles. The first kappa shape index (κ1) is 24.9. The third kappa shape index (κ3) is 5.20. The maximum absolute atomic E-state index is 12.7. The van der Waals surface area contributed by atoms with Crippen molar-refractivity contribution in [1.82, 2.24) is 4.37 Å². The molecule has 37 heavy (non-hydrogen) atoms. The van der Waals surface area contributed by atoms with Crippen LogP contribution in [0.3, 0.4) is 0 Å². The maximum Gasteiger partial charge on any atom is 0.412 e. The molecule has 4 aromatic rings. The van der Waals surface area contributed by atoms with Gasteiger partial charge in [0.25, 0.3) is 0 Å². The summed E-state index contributed by atoms with van der Waals surface area (Å²) in [6.45, 7) is 3.73. The van der Waals surface area contributed by atoms with Crippen molar-refractivity contribution in [2.24, 2.45) is 0 Å². The number of hydrogen-bond donors (Lipinski definition) is 1. The Hall–Kier alpha value is -3.77. The highest BCUT2D eigenvalue weighted by Gasteiger charge is 2.35. The third-order valence-electron chi connectivity index (χ3n) is 7.30. The van der Waals surface area contributed by atoms with Crippen LogP contribution in [0.1, 0.15) is 55.5 Å². The van der Waals surface area contributed by atoms with Gasteiger partial charge in [-0.05, 0) is 66.0 Å². The summed E-state index contributed by atoms with van der Waals surface area (Å²) in [4.78, 5) is 25.4. The summed E-state index contributed by atoms with van der Waals surface area (Å²) in [6.07, 6.45) is 4.37. The van der Waals surface area contributed by atoms with Gasteiger partial charge < -0.3 is 9.53 Å². The molecular formula is C31H30N2O3S. The number of aldehydes is 1. The second-order valence-corrected chi connectivity index (χ2v) is 10.5. The third-order valence-corrected chi connectivity index (χ3v) is 8.29. The van der Waals surface area contributed by atoms with E-state index >= 15 is 0 Å². The summed E-state index contributed by atoms with van der Waals surface area (Å²) in [5, 5.41) is 2.90. The van der Waals surface area contributed by atoms with Gasteiger partial charge in [-0.25, -0.2) is 4.79 Å². The van der Waals surface area contributed by atoms with Crippen molar-refractivity contribution in [2.75, 3.05) is 5.32 Å². The average molecular weight is 511 g/mol. The summed E-state index contributed by atoms with van der Waals surface area (Å²) in [7, 11) is 0. The Labute approximate surface area is 221 Å². The van der Waals surface area contributed by atoms with Gasteiger partial charge in [-0.15, -0.1) is 0 Å². The molecule has 5 nitrogen and oxygen atoms in total. The summed E-state index contributed by atoms with van der Waals surface area (Å²) >= 11 is 1.35. The number of benzene rings is 3. The molecule has 1 atom stereocenters. The Balaban J connectivity index is 1.30. The number of nitrogens with one attached hydrogen (secondary N) is 1. The Morgan fingerprint density at radius 2 is 1.54 bits per heavy atom. The van der Waals surface area contributed by atoms with Gasteiger partial charge in [-0.2, -0.15) is 4.37 Å². The number of carbonyl (C=O) groups excluding carboxylic acids is 2. The predicted molar refractivity (Wildman–Crippen MR) is 149 cm³/mol. The molecule has 3 aromatic carbocycles. The summed E-state index contributed by atoms with van der Waals surface area (Å²) in [5.41, 5.74) is 6.33. The highest BCUT2D eigenvalue weighted by molar-refractivity contribution is 7.10. The lowest BCUT2D eigenvalue weighted by Gasteiger charge is -2.22. The SMILES string of the molecule is Cc1nsc(-c2ccc(-c3ccc(C4(C=O)CCCC4)cc3)cc2)c1NC(=O)O[C@H](C)c1ccccc1. The maximum atomic E-state index is 12.7. The average Bonchev–Trinajstić information content (AvgIpc) is 3.57. The molecular weight excluding hydrogens is 480 g/mol. The number of carbonyl (C=O) groups is 2. The number of anilines is 1. The fraction of sp³-hybridized carbons (Fsp3) is 0.258.